The second-order valence-corrected chi connectivity index (χ2v) is 6.87. The predicted octanol–water partition coefficient (Wildman–Crippen LogP) is 1.33. The molecule has 2 amide bonds. The van der Waals surface area contributed by atoms with Crippen molar-refractivity contribution in [1.82, 2.24) is 15.1 Å². The quantitative estimate of drug-likeness (QED) is 0.548. The van der Waals surface area contributed by atoms with Crippen LogP contribution in [0, 0.1) is 0 Å². The van der Waals surface area contributed by atoms with E-state index in [0.29, 0.717) is 25.3 Å². The molecule has 1 aromatic carbocycles. The number of carbonyl (C=O) groups excluding carboxylic acids is 3. The molecule has 1 aliphatic heterocycles. The molecule has 0 radical (unpaired) electrons. The lowest BCUT2D eigenvalue weighted by Gasteiger charge is -2.36. The Hall–Kier alpha value is -2.41. The molecular weight excluding hydrogens is 346 g/mol. The molecule has 0 aromatic heterocycles. The van der Waals surface area contributed by atoms with Crippen LogP contribution < -0.4 is 10.1 Å². The molecule has 7 heteroatoms. The van der Waals surface area contributed by atoms with E-state index < -0.39 is 6.04 Å². The Bertz CT molecular complexity index is 652. The Morgan fingerprint density at radius 3 is 2.26 bits per heavy atom. The summed E-state index contributed by atoms with van der Waals surface area (Å²) in [6.07, 6.45) is 0.894. The van der Waals surface area contributed by atoms with Crippen LogP contribution in [0.4, 0.5) is 0 Å². The van der Waals surface area contributed by atoms with Crippen LogP contribution in [0.5, 0.6) is 5.75 Å². The van der Waals surface area contributed by atoms with Gasteiger partial charge in [-0.2, -0.15) is 0 Å². The Morgan fingerprint density at radius 2 is 1.70 bits per heavy atom. The number of benzene rings is 1. The van der Waals surface area contributed by atoms with E-state index in [2.05, 4.69) is 10.2 Å². The van der Waals surface area contributed by atoms with Crippen LogP contribution in [0.15, 0.2) is 24.3 Å². The van der Waals surface area contributed by atoms with Gasteiger partial charge in [-0.15, -0.1) is 0 Å². The number of hydrogen-bond acceptors (Lipinski definition) is 5. The van der Waals surface area contributed by atoms with Crippen LogP contribution in [-0.2, 0) is 9.59 Å². The zero-order chi connectivity index (χ0) is 19.8. The lowest BCUT2D eigenvalue weighted by molar-refractivity contribution is -0.137. The van der Waals surface area contributed by atoms with Gasteiger partial charge in [0, 0.05) is 45.2 Å². The monoisotopic (exact) mass is 375 g/mol. The number of ether oxygens (including phenoxy) is 1. The summed E-state index contributed by atoms with van der Waals surface area (Å²) in [5.74, 6) is 0.598. The van der Waals surface area contributed by atoms with E-state index >= 15 is 0 Å². The first kappa shape index (κ1) is 20.9. The number of piperazine rings is 1. The van der Waals surface area contributed by atoms with E-state index in [9.17, 15) is 14.4 Å². The van der Waals surface area contributed by atoms with Gasteiger partial charge in [-0.05, 0) is 44.5 Å². The third kappa shape index (κ3) is 6.67. The molecule has 1 saturated heterocycles. The van der Waals surface area contributed by atoms with Gasteiger partial charge in [0.15, 0.2) is 5.78 Å². The average Bonchev–Trinajstić information content (AvgIpc) is 2.65. The van der Waals surface area contributed by atoms with E-state index in [-0.39, 0.29) is 17.6 Å². The standard InChI is InChI=1S/C20H29N3O4/c1-15(21-17(3)25)20(26)23-12-10-22(11-13-23)9-4-14-27-19-7-5-18(6-8-19)16(2)24/h5-8,15H,4,9-14H2,1-3H3,(H,21,25)/t15-/m1/s1. The van der Waals surface area contributed by atoms with Crippen molar-refractivity contribution in [2.45, 2.75) is 33.2 Å². The second kappa shape index (κ2) is 10.1. The van der Waals surface area contributed by atoms with Crippen molar-refractivity contribution in [3.8, 4) is 5.75 Å². The van der Waals surface area contributed by atoms with Gasteiger partial charge in [-0.1, -0.05) is 0 Å². The number of hydrogen-bond donors (Lipinski definition) is 1. The van der Waals surface area contributed by atoms with Crippen molar-refractivity contribution in [2.24, 2.45) is 0 Å². The topological polar surface area (TPSA) is 79.0 Å². The van der Waals surface area contributed by atoms with Gasteiger partial charge < -0.3 is 15.0 Å². The van der Waals surface area contributed by atoms with E-state index in [1.807, 2.05) is 17.0 Å². The molecule has 0 unspecified atom stereocenters. The first-order valence-electron chi connectivity index (χ1n) is 9.39. The maximum absolute atomic E-state index is 12.3. The lowest BCUT2D eigenvalue weighted by Crippen LogP contribution is -2.54. The van der Waals surface area contributed by atoms with Gasteiger partial charge in [0.1, 0.15) is 11.8 Å². The molecule has 1 fully saturated rings. The van der Waals surface area contributed by atoms with E-state index in [1.54, 1.807) is 26.0 Å². The summed E-state index contributed by atoms with van der Waals surface area (Å²) >= 11 is 0. The minimum Gasteiger partial charge on any atom is -0.494 e. The fourth-order valence-corrected chi connectivity index (χ4v) is 3.10. The van der Waals surface area contributed by atoms with Crippen molar-refractivity contribution >= 4 is 17.6 Å². The SMILES string of the molecule is CC(=O)N[C@H](C)C(=O)N1CCN(CCCOc2ccc(C(C)=O)cc2)CC1. The summed E-state index contributed by atoms with van der Waals surface area (Å²) in [5, 5.41) is 2.64. The van der Waals surface area contributed by atoms with Crippen LogP contribution >= 0.6 is 0 Å². The Kier molecular flexibility index (Phi) is 7.79. The van der Waals surface area contributed by atoms with Gasteiger partial charge in [0.2, 0.25) is 11.8 Å². The molecule has 0 aliphatic carbocycles. The molecule has 2 rings (SSSR count). The summed E-state index contributed by atoms with van der Waals surface area (Å²) in [4.78, 5) is 38.7. The number of carbonyl (C=O) groups is 3. The number of amides is 2. The van der Waals surface area contributed by atoms with Crippen molar-refractivity contribution < 1.29 is 19.1 Å². The maximum atomic E-state index is 12.3. The number of nitrogens with one attached hydrogen (secondary N) is 1. The Morgan fingerprint density at radius 1 is 1.07 bits per heavy atom. The van der Waals surface area contributed by atoms with Crippen LogP contribution in [0.25, 0.3) is 0 Å². The molecule has 1 atom stereocenters. The minimum atomic E-state index is -0.475. The first-order valence-corrected chi connectivity index (χ1v) is 9.39. The minimum absolute atomic E-state index is 0.0257. The zero-order valence-corrected chi connectivity index (χ0v) is 16.4. The zero-order valence-electron chi connectivity index (χ0n) is 16.4. The highest BCUT2D eigenvalue weighted by atomic mass is 16.5. The molecule has 27 heavy (non-hydrogen) atoms. The average molecular weight is 375 g/mol. The highest BCUT2D eigenvalue weighted by Gasteiger charge is 2.24. The van der Waals surface area contributed by atoms with E-state index in [1.165, 1.54) is 6.92 Å². The molecule has 7 nitrogen and oxygen atoms in total. The number of ketones is 1. The summed E-state index contributed by atoms with van der Waals surface area (Å²) in [7, 11) is 0. The summed E-state index contributed by atoms with van der Waals surface area (Å²) in [6.45, 7) is 9.21. The van der Waals surface area contributed by atoms with Crippen molar-refractivity contribution in [3.05, 3.63) is 29.8 Å². The normalized spacial score (nSPS) is 15.9. The second-order valence-electron chi connectivity index (χ2n) is 6.87. The highest BCUT2D eigenvalue weighted by Crippen LogP contribution is 2.13. The van der Waals surface area contributed by atoms with Gasteiger partial charge in [-0.25, -0.2) is 0 Å². The third-order valence-electron chi connectivity index (χ3n) is 4.62. The Balaban J connectivity index is 1.64. The molecule has 1 aliphatic rings. The number of rotatable bonds is 8. The smallest absolute Gasteiger partial charge is 0.244 e. The van der Waals surface area contributed by atoms with Crippen molar-refractivity contribution in [2.75, 3.05) is 39.3 Å². The van der Waals surface area contributed by atoms with Gasteiger partial charge in [0.05, 0.1) is 6.61 Å². The first-order chi connectivity index (χ1) is 12.9. The number of Topliss-reactive ketones (excluding diaryl/α,β-unsaturated/α-hetero) is 1. The summed E-state index contributed by atoms with van der Waals surface area (Å²) < 4.78 is 5.72. The van der Waals surface area contributed by atoms with Crippen molar-refractivity contribution in [1.29, 1.82) is 0 Å². The molecule has 0 spiro atoms. The van der Waals surface area contributed by atoms with E-state index in [0.717, 1.165) is 31.8 Å². The van der Waals surface area contributed by atoms with Crippen LogP contribution in [0.1, 0.15) is 37.6 Å². The van der Waals surface area contributed by atoms with Crippen LogP contribution in [0.3, 0.4) is 0 Å². The largest absolute Gasteiger partial charge is 0.494 e. The van der Waals surface area contributed by atoms with Gasteiger partial charge >= 0.3 is 0 Å². The van der Waals surface area contributed by atoms with Crippen molar-refractivity contribution in [3.63, 3.8) is 0 Å². The van der Waals surface area contributed by atoms with Crippen LogP contribution in [0.2, 0.25) is 0 Å². The maximum Gasteiger partial charge on any atom is 0.244 e. The fraction of sp³-hybridized carbons (Fsp3) is 0.550. The van der Waals surface area contributed by atoms with E-state index in [4.69, 9.17) is 4.74 Å². The molecule has 1 aromatic rings. The highest BCUT2D eigenvalue weighted by molar-refractivity contribution is 5.94. The summed E-state index contributed by atoms with van der Waals surface area (Å²) in [6, 6.07) is 6.71. The van der Waals surface area contributed by atoms with Gasteiger partial charge in [-0.3, -0.25) is 19.3 Å². The molecule has 0 bridgehead atoms. The molecular formula is C20H29N3O4. The van der Waals surface area contributed by atoms with Crippen LogP contribution in [-0.4, -0.2) is 72.8 Å². The molecule has 1 heterocycles. The molecule has 148 valence electrons. The lowest BCUT2D eigenvalue weighted by atomic mass is 10.1. The number of nitrogens with zero attached hydrogens (tertiary/aromatic N) is 2. The predicted molar refractivity (Wildman–Crippen MR) is 103 cm³/mol. The van der Waals surface area contributed by atoms with Gasteiger partial charge in [0.25, 0.3) is 0 Å². The molecule has 1 N–H and O–H groups in total. The molecule has 0 saturated carbocycles. The summed E-state index contributed by atoms with van der Waals surface area (Å²) in [5.41, 5.74) is 0.683. The Labute approximate surface area is 160 Å². The third-order valence-corrected chi connectivity index (χ3v) is 4.62. The fourth-order valence-electron chi connectivity index (χ4n) is 3.10.